The van der Waals surface area contributed by atoms with Gasteiger partial charge in [0.05, 0.1) is 25.5 Å². The van der Waals surface area contributed by atoms with Crippen molar-refractivity contribution in [3.05, 3.63) is 85.9 Å². The summed E-state index contributed by atoms with van der Waals surface area (Å²) in [6.45, 7) is 1.95. The Balaban J connectivity index is 1.43. The molecule has 12 heteroatoms. The zero-order chi connectivity index (χ0) is 25.8. The van der Waals surface area contributed by atoms with E-state index in [0.717, 1.165) is 16.9 Å². The van der Waals surface area contributed by atoms with Crippen LogP contribution < -0.4 is 10.7 Å². The summed E-state index contributed by atoms with van der Waals surface area (Å²) < 4.78 is 1.49. The van der Waals surface area contributed by atoms with Gasteiger partial charge < -0.3 is 10.4 Å². The van der Waals surface area contributed by atoms with Crippen molar-refractivity contribution in [3.63, 3.8) is 0 Å². The molecule has 184 valence electrons. The van der Waals surface area contributed by atoms with Crippen LogP contribution in [0.1, 0.15) is 37.5 Å². The second-order valence-corrected chi connectivity index (χ2v) is 9.54. The Morgan fingerprint density at radius 1 is 1.06 bits per heavy atom. The normalized spacial score (nSPS) is 11.4. The van der Waals surface area contributed by atoms with E-state index in [0.29, 0.717) is 37.6 Å². The first-order valence-corrected chi connectivity index (χ1v) is 12.1. The summed E-state index contributed by atoms with van der Waals surface area (Å²) in [6, 6.07) is 11.7. The van der Waals surface area contributed by atoms with Crippen molar-refractivity contribution >= 4 is 52.1 Å². The minimum absolute atomic E-state index is 0.115. The molecule has 2 amide bonds. The van der Waals surface area contributed by atoms with Crippen molar-refractivity contribution in [1.29, 1.82) is 0 Å². The molecule has 0 saturated carbocycles. The SMILES string of the molecule is CC(=NNC(=O)c1ccc(C(=O)NCc2ccncc2)s1)c1nn(C)c(-c2ccc(Cl)c(Cl)c2)c1O. The van der Waals surface area contributed by atoms with Gasteiger partial charge >= 0.3 is 0 Å². The number of nitrogens with one attached hydrogen (secondary N) is 2. The number of rotatable bonds is 7. The highest BCUT2D eigenvalue weighted by Gasteiger charge is 2.20. The lowest BCUT2D eigenvalue weighted by molar-refractivity contribution is 0.0950. The van der Waals surface area contributed by atoms with Gasteiger partial charge in [0.15, 0.2) is 11.4 Å². The van der Waals surface area contributed by atoms with Gasteiger partial charge in [0.25, 0.3) is 11.8 Å². The summed E-state index contributed by atoms with van der Waals surface area (Å²) >= 11 is 13.1. The summed E-state index contributed by atoms with van der Waals surface area (Å²) in [6.07, 6.45) is 3.30. The number of hydrogen-bond acceptors (Lipinski definition) is 7. The van der Waals surface area contributed by atoms with E-state index in [9.17, 15) is 14.7 Å². The molecular weight excluding hydrogens is 523 g/mol. The van der Waals surface area contributed by atoms with Crippen molar-refractivity contribution in [2.75, 3.05) is 0 Å². The molecule has 3 N–H and O–H groups in total. The molecule has 0 saturated heterocycles. The maximum Gasteiger partial charge on any atom is 0.281 e. The summed E-state index contributed by atoms with van der Waals surface area (Å²) in [4.78, 5) is 29.6. The smallest absolute Gasteiger partial charge is 0.281 e. The molecule has 0 fully saturated rings. The minimum Gasteiger partial charge on any atom is -0.504 e. The molecule has 3 aromatic heterocycles. The van der Waals surface area contributed by atoms with E-state index in [4.69, 9.17) is 23.2 Å². The Morgan fingerprint density at radius 3 is 2.44 bits per heavy atom. The third kappa shape index (κ3) is 5.56. The number of amides is 2. The predicted molar refractivity (Wildman–Crippen MR) is 140 cm³/mol. The van der Waals surface area contributed by atoms with Crippen LogP contribution in [0.15, 0.2) is 60.0 Å². The van der Waals surface area contributed by atoms with Crippen LogP contribution in [0.2, 0.25) is 10.0 Å². The topological polar surface area (TPSA) is 122 Å². The fraction of sp³-hybridized carbons (Fsp3) is 0.125. The molecule has 0 radical (unpaired) electrons. The average molecular weight is 543 g/mol. The first-order valence-electron chi connectivity index (χ1n) is 10.6. The van der Waals surface area contributed by atoms with Gasteiger partial charge in [0.2, 0.25) is 0 Å². The zero-order valence-electron chi connectivity index (χ0n) is 19.1. The molecule has 3 heterocycles. The highest BCUT2D eigenvalue weighted by Crippen LogP contribution is 2.35. The Morgan fingerprint density at radius 2 is 1.75 bits per heavy atom. The van der Waals surface area contributed by atoms with Crippen LogP contribution in [0.5, 0.6) is 5.75 Å². The molecule has 36 heavy (non-hydrogen) atoms. The number of carbonyl (C=O) groups is 2. The molecule has 0 unspecified atom stereocenters. The Kier molecular flexibility index (Phi) is 7.68. The van der Waals surface area contributed by atoms with Crippen molar-refractivity contribution in [2.24, 2.45) is 12.1 Å². The Bertz CT molecular complexity index is 1470. The van der Waals surface area contributed by atoms with Crippen LogP contribution in [0.25, 0.3) is 11.3 Å². The fourth-order valence-corrected chi connectivity index (χ4v) is 4.43. The number of hydrazone groups is 1. The maximum atomic E-state index is 12.6. The lowest BCUT2D eigenvalue weighted by Gasteiger charge is -2.04. The van der Waals surface area contributed by atoms with Gasteiger partial charge in [-0.15, -0.1) is 11.3 Å². The maximum absolute atomic E-state index is 12.6. The second-order valence-electron chi connectivity index (χ2n) is 7.64. The molecule has 1 aromatic carbocycles. The Hall–Kier alpha value is -3.73. The van der Waals surface area contributed by atoms with Crippen LogP contribution in [0, 0.1) is 0 Å². The Labute approximate surface area is 220 Å². The number of hydrogen-bond donors (Lipinski definition) is 3. The molecule has 0 aliphatic heterocycles. The van der Waals surface area contributed by atoms with Gasteiger partial charge in [0, 0.05) is 31.5 Å². The van der Waals surface area contributed by atoms with Gasteiger partial charge in [-0.2, -0.15) is 10.2 Å². The number of carbonyl (C=O) groups excluding carboxylic acids is 2. The number of halogens is 2. The minimum atomic E-state index is -0.493. The fourth-order valence-electron chi connectivity index (χ4n) is 3.32. The summed E-state index contributed by atoms with van der Waals surface area (Å²) in [5.41, 5.74) is 4.88. The van der Waals surface area contributed by atoms with E-state index in [1.54, 1.807) is 68.8 Å². The van der Waals surface area contributed by atoms with Gasteiger partial charge in [-0.25, -0.2) is 5.43 Å². The highest BCUT2D eigenvalue weighted by atomic mass is 35.5. The molecule has 0 spiro atoms. The van der Waals surface area contributed by atoms with E-state index < -0.39 is 5.91 Å². The number of aryl methyl sites for hydroxylation is 1. The summed E-state index contributed by atoms with van der Waals surface area (Å²) in [5.74, 6) is -0.896. The number of nitrogens with zero attached hydrogens (tertiary/aromatic N) is 4. The van der Waals surface area contributed by atoms with Crippen LogP contribution in [0.4, 0.5) is 0 Å². The highest BCUT2D eigenvalue weighted by molar-refractivity contribution is 7.15. The van der Waals surface area contributed by atoms with Crippen molar-refractivity contribution in [3.8, 4) is 17.0 Å². The van der Waals surface area contributed by atoms with Crippen LogP contribution >= 0.6 is 34.5 Å². The lowest BCUT2D eigenvalue weighted by Crippen LogP contribution is -2.21. The molecule has 0 bridgehead atoms. The number of aromatic nitrogens is 3. The van der Waals surface area contributed by atoms with Crippen LogP contribution in [-0.4, -0.2) is 37.4 Å². The van der Waals surface area contributed by atoms with Crippen molar-refractivity contribution in [2.45, 2.75) is 13.5 Å². The number of benzene rings is 1. The monoisotopic (exact) mass is 542 g/mol. The van der Waals surface area contributed by atoms with E-state index in [2.05, 4.69) is 25.9 Å². The second kappa shape index (κ2) is 10.9. The third-order valence-electron chi connectivity index (χ3n) is 5.14. The largest absolute Gasteiger partial charge is 0.504 e. The number of aromatic hydroxyl groups is 1. The van der Waals surface area contributed by atoms with Crippen molar-refractivity contribution < 1.29 is 14.7 Å². The van der Waals surface area contributed by atoms with Gasteiger partial charge in [-0.1, -0.05) is 29.3 Å². The molecule has 0 aliphatic rings. The van der Waals surface area contributed by atoms with Crippen LogP contribution in [-0.2, 0) is 13.6 Å². The lowest BCUT2D eigenvalue weighted by atomic mass is 10.1. The number of pyridine rings is 1. The molecule has 0 aliphatic carbocycles. The first-order chi connectivity index (χ1) is 17.2. The molecule has 4 rings (SSSR count). The first kappa shape index (κ1) is 25.4. The molecule has 0 atom stereocenters. The third-order valence-corrected chi connectivity index (χ3v) is 6.96. The molecule has 9 nitrogen and oxygen atoms in total. The quantitative estimate of drug-likeness (QED) is 0.232. The average Bonchev–Trinajstić information content (AvgIpc) is 3.48. The van der Waals surface area contributed by atoms with E-state index >= 15 is 0 Å². The predicted octanol–water partition coefficient (Wildman–Crippen LogP) is 4.64. The van der Waals surface area contributed by atoms with Gasteiger partial charge in [-0.05, 0) is 48.9 Å². The van der Waals surface area contributed by atoms with Crippen molar-refractivity contribution in [1.82, 2.24) is 25.5 Å². The standard InChI is InChI=1S/C24H20Cl2N6O3S/c1-13(20-22(33)21(32(2)31-20)15-3-4-16(25)17(26)11-15)29-30-24(35)19-6-5-18(36-19)23(34)28-12-14-7-9-27-10-8-14/h3-11,33H,12H2,1-2H3,(H,28,34)(H,30,35). The molecule has 4 aromatic rings. The summed E-state index contributed by atoms with van der Waals surface area (Å²) in [7, 11) is 1.67. The van der Waals surface area contributed by atoms with E-state index in [1.165, 1.54) is 4.68 Å². The van der Waals surface area contributed by atoms with E-state index in [-0.39, 0.29) is 23.1 Å². The zero-order valence-corrected chi connectivity index (χ0v) is 21.4. The number of thiophene rings is 1. The van der Waals surface area contributed by atoms with Crippen LogP contribution in [0.3, 0.4) is 0 Å². The summed E-state index contributed by atoms with van der Waals surface area (Å²) in [5, 5.41) is 22.7. The molecular formula is C24H20Cl2N6O3S. The van der Waals surface area contributed by atoms with Gasteiger partial charge in [-0.3, -0.25) is 19.3 Å². The van der Waals surface area contributed by atoms with E-state index in [1.807, 2.05) is 0 Å². The van der Waals surface area contributed by atoms with Gasteiger partial charge in [0.1, 0.15) is 5.69 Å².